The van der Waals surface area contributed by atoms with Gasteiger partial charge in [-0.05, 0) is 18.3 Å². The van der Waals surface area contributed by atoms with Gasteiger partial charge in [0, 0.05) is 13.1 Å². The number of aromatic amines is 1. The van der Waals surface area contributed by atoms with Crippen molar-refractivity contribution in [3.05, 3.63) is 12.2 Å². The number of hydrogen-bond acceptors (Lipinski definition) is 6. The molecule has 2 fully saturated rings. The standard InChI is InChI=1S/C13H18N6O/c1-2-4-13(5-3-1)7-14-6-9(13)12-17-11(19-20-12)10-15-8-16-18-10/h8-9,14H,1-7H2,(H,15,16,18). The van der Waals surface area contributed by atoms with Crippen LogP contribution in [0.1, 0.15) is 43.9 Å². The molecule has 1 aliphatic carbocycles. The maximum atomic E-state index is 5.51. The molecule has 1 saturated heterocycles. The summed E-state index contributed by atoms with van der Waals surface area (Å²) in [5.74, 6) is 2.12. The van der Waals surface area contributed by atoms with Crippen LogP contribution in [-0.4, -0.2) is 38.4 Å². The molecule has 1 spiro atoms. The summed E-state index contributed by atoms with van der Waals surface area (Å²) < 4.78 is 5.51. The van der Waals surface area contributed by atoms with Crippen LogP contribution in [0.4, 0.5) is 0 Å². The highest BCUT2D eigenvalue weighted by molar-refractivity contribution is 5.40. The molecule has 3 heterocycles. The van der Waals surface area contributed by atoms with Crippen molar-refractivity contribution in [2.45, 2.75) is 38.0 Å². The van der Waals surface area contributed by atoms with Gasteiger partial charge in [-0.15, -0.1) is 0 Å². The van der Waals surface area contributed by atoms with E-state index in [9.17, 15) is 0 Å². The number of nitrogens with one attached hydrogen (secondary N) is 2. The van der Waals surface area contributed by atoms with Crippen LogP contribution in [0.15, 0.2) is 10.9 Å². The molecule has 20 heavy (non-hydrogen) atoms. The Kier molecular flexibility index (Phi) is 2.80. The van der Waals surface area contributed by atoms with Crippen LogP contribution >= 0.6 is 0 Å². The Morgan fingerprint density at radius 2 is 2.15 bits per heavy atom. The van der Waals surface area contributed by atoms with Crippen LogP contribution in [0, 0.1) is 5.41 Å². The Morgan fingerprint density at radius 3 is 2.95 bits per heavy atom. The summed E-state index contributed by atoms with van der Waals surface area (Å²) in [6.07, 6.45) is 7.92. The van der Waals surface area contributed by atoms with Gasteiger partial charge in [0.2, 0.25) is 11.7 Å². The molecule has 0 amide bonds. The molecule has 7 nitrogen and oxygen atoms in total. The smallest absolute Gasteiger partial charge is 0.239 e. The molecule has 1 unspecified atom stereocenters. The number of nitrogens with zero attached hydrogens (tertiary/aromatic N) is 4. The summed E-state index contributed by atoms with van der Waals surface area (Å²) in [7, 11) is 0. The van der Waals surface area contributed by atoms with E-state index in [0.29, 0.717) is 23.0 Å². The SMILES string of the molecule is c1n[nH]c(-c2noc(C3CNCC34CCCCC4)n2)n1. The van der Waals surface area contributed by atoms with E-state index in [4.69, 9.17) is 4.52 Å². The average molecular weight is 274 g/mol. The lowest BCUT2D eigenvalue weighted by molar-refractivity contribution is 0.165. The third-order valence-corrected chi connectivity index (χ3v) is 4.78. The van der Waals surface area contributed by atoms with Crippen molar-refractivity contribution in [3.8, 4) is 11.6 Å². The van der Waals surface area contributed by atoms with Gasteiger partial charge >= 0.3 is 0 Å². The van der Waals surface area contributed by atoms with Gasteiger partial charge in [0.25, 0.3) is 0 Å². The normalized spacial score (nSPS) is 25.3. The van der Waals surface area contributed by atoms with Crippen molar-refractivity contribution in [2.24, 2.45) is 5.41 Å². The Balaban J connectivity index is 1.63. The molecule has 106 valence electrons. The van der Waals surface area contributed by atoms with Gasteiger partial charge in [0.15, 0.2) is 5.82 Å². The largest absolute Gasteiger partial charge is 0.338 e. The molecule has 2 aromatic rings. The minimum Gasteiger partial charge on any atom is -0.338 e. The predicted octanol–water partition coefficient (Wildman–Crippen LogP) is 1.49. The summed E-state index contributed by atoms with van der Waals surface area (Å²) in [5.41, 5.74) is 0.309. The fourth-order valence-corrected chi connectivity index (χ4v) is 3.72. The Labute approximate surface area is 116 Å². The van der Waals surface area contributed by atoms with E-state index in [1.54, 1.807) is 0 Å². The van der Waals surface area contributed by atoms with Crippen LogP contribution in [0.2, 0.25) is 0 Å². The topological polar surface area (TPSA) is 92.5 Å². The minimum atomic E-state index is 0.309. The van der Waals surface area contributed by atoms with E-state index >= 15 is 0 Å². The van der Waals surface area contributed by atoms with E-state index < -0.39 is 0 Å². The summed E-state index contributed by atoms with van der Waals surface area (Å²) >= 11 is 0. The van der Waals surface area contributed by atoms with Gasteiger partial charge < -0.3 is 9.84 Å². The van der Waals surface area contributed by atoms with E-state index in [-0.39, 0.29) is 0 Å². The van der Waals surface area contributed by atoms with Gasteiger partial charge in [0.1, 0.15) is 6.33 Å². The molecular weight excluding hydrogens is 256 g/mol. The average Bonchev–Trinajstić information content (AvgIpc) is 3.19. The first kappa shape index (κ1) is 12.0. The number of rotatable bonds is 2. The second-order valence-corrected chi connectivity index (χ2v) is 5.90. The minimum absolute atomic E-state index is 0.309. The Hall–Kier alpha value is -1.76. The predicted molar refractivity (Wildman–Crippen MR) is 70.8 cm³/mol. The molecule has 4 rings (SSSR count). The second-order valence-electron chi connectivity index (χ2n) is 5.90. The molecule has 1 atom stereocenters. The third-order valence-electron chi connectivity index (χ3n) is 4.78. The van der Waals surface area contributed by atoms with Crippen molar-refractivity contribution >= 4 is 0 Å². The molecule has 2 N–H and O–H groups in total. The summed E-state index contributed by atoms with van der Waals surface area (Å²) in [6, 6.07) is 0. The lowest BCUT2D eigenvalue weighted by atomic mass is 9.67. The Bertz CT molecular complexity index is 571. The van der Waals surface area contributed by atoms with Crippen molar-refractivity contribution < 1.29 is 4.52 Å². The molecule has 1 aliphatic heterocycles. The monoisotopic (exact) mass is 274 g/mol. The molecule has 7 heteroatoms. The van der Waals surface area contributed by atoms with Gasteiger partial charge in [-0.25, -0.2) is 4.98 Å². The zero-order chi connectivity index (χ0) is 13.4. The fourth-order valence-electron chi connectivity index (χ4n) is 3.72. The summed E-state index contributed by atoms with van der Waals surface area (Å²) in [6.45, 7) is 2.00. The summed E-state index contributed by atoms with van der Waals surface area (Å²) in [4.78, 5) is 8.60. The van der Waals surface area contributed by atoms with Crippen molar-refractivity contribution in [2.75, 3.05) is 13.1 Å². The van der Waals surface area contributed by atoms with E-state index in [0.717, 1.165) is 19.0 Å². The van der Waals surface area contributed by atoms with Crippen molar-refractivity contribution in [1.82, 2.24) is 30.6 Å². The van der Waals surface area contributed by atoms with Crippen molar-refractivity contribution in [1.29, 1.82) is 0 Å². The highest BCUT2D eigenvalue weighted by Gasteiger charge is 2.46. The maximum Gasteiger partial charge on any atom is 0.239 e. The van der Waals surface area contributed by atoms with Crippen LogP contribution in [0.25, 0.3) is 11.6 Å². The molecule has 0 bridgehead atoms. The van der Waals surface area contributed by atoms with Crippen LogP contribution < -0.4 is 5.32 Å². The number of hydrogen-bond donors (Lipinski definition) is 2. The lowest BCUT2D eigenvalue weighted by Gasteiger charge is -2.36. The molecule has 0 aromatic carbocycles. The fraction of sp³-hybridized carbons (Fsp3) is 0.692. The molecule has 2 aromatic heterocycles. The zero-order valence-electron chi connectivity index (χ0n) is 11.3. The highest BCUT2D eigenvalue weighted by atomic mass is 16.5. The van der Waals surface area contributed by atoms with Gasteiger partial charge in [-0.1, -0.05) is 24.4 Å². The maximum absolute atomic E-state index is 5.51. The Morgan fingerprint density at radius 1 is 1.25 bits per heavy atom. The second kappa shape index (κ2) is 4.66. The zero-order valence-corrected chi connectivity index (χ0v) is 11.3. The first-order valence-corrected chi connectivity index (χ1v) is 7.27. The molecule has 2 aliphatic rings. The van der Waals surface area contributed by atoms with Gasteiger partial charge in [-0.3, -0.25) is 5.10 Å². The quantitative estimate of drug-likeness (QED) is 0.862. The van der Waals surface area contributed by atoms with E-state index in [2.05, 4.69) is 30.6 Å². The number of H-pyrrole nitrogens is 1. The first-order valence-electron chi connectivity index (χ1n) is 7.27. The third kappa shape index (κ3) is 1.84. The van der Waals surface area contributed by atoms with Crippen LogP contribution in [0.5, 0.6) is 0 Å². The van der Waals surface area contributed by atoms with E-state index in [1.165, 1.54) is 38.4 Å². The van der Waals surface area contributed by atoms with Gasteiger partial charge in [-0.2, -0.15) is 10.1 Å². The molecular formula is C13H18N6O. The molecule has 1 saturated carbocycles. The van der Waals surface area contributed by atoms with E-state index in [1.807, 2.05) is 0 Å². The summed E-state index contributed by atoms with van der Waals surface area (Å²) in [5, 5.41) is 14.1. The van der Waals surface area contributed by atoms with Gasteiger partial charge in [0.05, 0.1) is 5.92 Å². The van der Waals surface area contributed by atoms with Crippen LogP contribution in [-0.2, 0) is 0 Å². The van der Waals surface area contributed by atoms with Crippen molar-refractivity contribution in [3.63, 3.8) is 0 Å². The highest BCUT2D eigenvalue weighted by Crippen LogP contribution is 2.49. The van der Waals surface area contributed by atoms with Crippen LogP contribution in [0.3, 0.4) is 0 Å². The lowest BCUT2D eigenvalue weighted by Crippen LogP contribution is -2.31. The first-order chi connectivity index (χ1) is 9.87. The molecule has 0 radical (unpaired) electrons. The number of aromatic nitrogens is 5.